The third-order valence-electron chi connectivity index (χ3n) is 1.99. The van der Waals surface area contributed by atoms with Crippen molar-refractivity contribution in [3.05, 3.63) is 0 Å². The van der Waals surface area contributed by atoms with Crippen LogP contribution in [0.15, 0.2) is 0 Å². The minimum Gasteiger partial charge on any atom is -0.465 e. The Balaban J connectivity index is 4.14. The number of terminal acetylenes is 1. The van der Waals surface area contributed by atoms with Crippen LogP contribution < -0.4 is 5.32 Å². The van der Waals surface area contributed by atoms with Gasteiger partial charge in [-0.15, -0.1) is 6.42 Å². The molecule has 3 heteroatoms. The summed E-state index contributed by atoms with van der Waals surface area (Å²) in [4.78, 5) is 11.4. The summed E-state index contributed by atoms with van der Waals surface area (Å²) in [7, 11) is 0. The first kappa shape index (κ1) is 13.0. The highest BCUT2D eigenvalue weighted by Crippen LogP contribution is 1.99. The summed E-state index contributed by atoms with van der Waals surface area (Å²) in [5.41, 5.74) is 0. The number of nitrogens with one attached hydrogen (secondary N) is 1. The predicted molar refractivity (Wildman–Crippen MR) is 56.8 cm³/mol. The second-order valence-electron chi connectivity index (χ2n) is 3.01. The molecule has 0 heterocycles. The van der Waals surface area contributed by atoms with Gasteiger partial charge in [0.2, 0.25) is 0 Å². The van der Waals surface area contributed by atoms with Crippen LogP contribution in [0, 0.1) is 12.3 Å². The van der Waals surface area contributed by atoms with E-state index >= 15 is 0 Å². The molecule has 0 amide bonds. The van der Waals surface area contributed by atoms with Crippen LogP contribution in [0.3, 0.4) is 0 Å². The van der Waals surface area contributed by atoms with Gasteiger partial charge < -0.3 is 4.74 Å². The van der Waals surface area contributed by atoms with Crippen LogP contribution in [0.5, 0.6) is 0 Å². The maximum Gasteiger partial charge on any atom is 0.323 e. The fourth-order valence-electron chi connectivity index (χ4n) is 1.12. The van der Waals surface area contributed by atoms with E-state index in [2.05, 4.69) is 11.2 Å². The molecule has 0 bridgehead atoms. The molecular formula is C11H19NO2. The summed E-state index contributed by atoms with van der Waals surface area (Å²) in [5, 5.41) is 3.08. The predicted octanol–water partition coefficient (Wildman–Crippen LogP) is 1.33. The Morgan fingerprint density at radius 1 is 1.43 bits per heavy atom. The molecule has 0 radical (unpaired) electrons. The lowest BCUT2D eigenvalue weighted by atomic mass is 10.1. The van der Waals surface area contributed by atoms with Crippen molar-refractivity contribution in [2.24, 2.45) is 0 Å². The minimum absolute atomic E-state index is 0.0515. The van der Waals surface area contributed by atoms with Gasteiger partial charge in [-0.3, -0.25) is 10.1 Å². The number of carbonyl (C=O) groups excluding carboxylic acids is 1. The van der Waals surface area contributed by atoms with Gasteiger partial charge in [-0.2, -0.15) is 0 Å². The molecule has 0 aromatic carbocycles. The minimum atomic E-state index is -0.282. The second kappa shape index (κ2) is 7.40. The largest absolute Gasteiger partial charge is 0.465 e. The Hall–Kier alpha value is -1.01. The van der Waals surface area contributed by atoms with E-state index in [0.29, 0.717) is 13.0 Å². The molecule has 0 aromatic rings. The first-order chi connectivity index (χ1) is 6.69. The zero-order valence-electron chi connectivity index (χ0n) is 9.17. The third-order valence-corrected chi connectivity index (χ3v) is 1.99. The number of rotatable bonds is 6. The van der Waals surface area contributed by atoms with Crippen molar-refractivity contribution in [2.75, 3.05) is 6.61 Å². The summed E-state index contributed by atoms with van der Waals surface area (Å²) < 4.78 is 4.91. The Morgan fingerprint density at radius 2 is 2.07 bits per heavy atom. The quantitative estimate of drug-likeness (QED) is 0.515. The third kappa shape index (κ3) is 4.29. The van der Waals surface area contributed by atoms with Crippen LogP contribution in [0.4, 0.5) is 0 Å². The molecule has 0 saturated carbocycles. The van der Waals surface area contributed by atoms with Crippen LogP contribution in [-0.2, 0) is 9.53 Å². The Morgan fingerprint density at radius 3 is 2.43 bits per heavy atom. The Bertz CT molecular complexity index is 208. The monoisotopic (exact) mass is 197 g/mol. The van der Waals surface area contributed by atoms with Gasteiger partial charge in [-0.1, -0.05) is 19.8 Å². The van der Waals surface area contributed by atoms with Gasteiger partial charge in [0.25, 0.3) is 0 Å². The Kier molecular flexibility index (Phi) is 6.87. The summed E-state index contributed by atoms with van der Waals surface area (Å²) in [6.07, 6.45) is 6.80. The van der Waals surface area contributed by atoms with Crippen molar-refractivity contribution in [1.82, 2.24) is 5.32 Å². The second-order valence-corrected chi connectivity index (χ2v) is 3.01. The zero-order chi connectivity index (χ0) is 11.0. The lowest BCUT2D eigenvalue weighted by Crippen LogP contribution is -2.43. The van der Waals surface area contributed by atoms with Gasteiger partial charge in [-0.25, -0.2) is 0 Å². The van der Waals surface area contributed by atoms with Gasteiger partial charge in [0.05, 0.1) is 12.6 Å². The van der Waals surface area contributed by atoms with Crippen molar-refractivity contribution in [1.29, 1.82) is 0 Å². The standard InChI is InChI=1S/C11H19NO2/c1-5-9(6-2)12-10(7-3)11(13)14-8-4/h1,9-10,12H,6-8H2,2-4H3. The zero-order valence-corrected chi connectivity index (χ0v) is 9.17. The van der Waals surface area contributed by atoms with E-state index in [9.17, 15) is 4.79 Å². The lowest BCUT2D eigenvalue weighted by molar-refractivity contribution is -0.145. The number of hydrogen-bond donors (Lipinski definition) is 1. The van der Waals surface area contributed by atoms with Gasteiger partial charge in [0.15, 0.2) is 0 Å². The number of ether oxygens (including phenoxy) is 1. The van der Waals surface area contributed by atoms with E-state index in [1.807, 2.05) is 13.8 Å². The lowest BCUT2D eigenvalue weighted by Gasteiger charge is -2.18. The molecule has 0 aliphatic carbocycles. The van der Waals surface area contributed by atoms with E-state index in [1.54, 1.807) is 6.92 Å². The molecule has 0 aliphatic heterocycles. The van der Waals surface area contributed by atoms with Crippen LogP contribution in [0.1, 0.15) is 33.6 Å². The average molecular weight is 197 g/mol. The highest BCUT2D eigenvalue weighted by molar-refractivity contribution is 5.75. The van der Waals surface area contributed by atoms with Crippen LogP contribution in [-0.4, -0.2) is 24.7 Å². The van der Waals surface area contributed by atoms with Crippen molar-refractivity contribution in [3.8, 4) is 12.3 Å². The molecular weight excluding hydrogens is 178 g/mol. The van der Waals surface area contributed by atoms with E-state index in [4.69, 9.17) is 11.2 Å². The maximum atomic E-state index is 11.4. The molecule has 0 saturated heterocycles. The topological polar surface area (TPSA) is 38.3 Å². The van der Waals surface area contributed by atoms with Gasteiger partial charge in [0, 0.05) is 0 Å². The van der Waals surface area contributed by atoms with Crippen molar-refractivity contribution in [3.63, 3.8) is 0 Å². The molecule has 0 aromatic heterocycles. The van der Waals surface area contributed by atoms with Crippen LogP contribution in [0.25, 0.3) is 0 Å². The van der Waals surface area contributed by atoms with E-state index < -0.39 is 0 Å². The maximum absolute atomic E-state index is 11.4. The normalized spacial score (nSPS) is 14.1. The van der Waals surface area contributed by atoms with Crippen molar-refractivity contribution in [2.45, 2.75) is 45.7 Å². The number of esters is 1. The molecule has 0 rings (SSSR count). The summed E-state index contributed by atoms with van der Waals surface area (Å²) >= 11 is 0. The molecule has 3 nitrogen and oxygen atoms in total. The van der Waals surface area contributed by atoms with Crippen molar-refractivity contribution >= 4 is 5.97 Å². The van der Waals surface area contributed by atoms with Gasteiger partial charge in [0.1, 0.15) is 6.04 Å². The first-order valence-electron chi connectivity index (χ1n) is 5.08. The SMILES string of the molecule is C#CC(CC)NC(CC)C(=O)OCC. The molecule has 0 aliphatic rings. The highest BCUT2D eigenvalue weighted by atomic mass is 16.5. The molecule has 14 heavy (non-hydrogen) atoms. The summed E-state index contributed by atoms with van der Waals surface area (Å²) in [5.74, 6) is 2.38. The Labute approximate surface area is 86.2 Å². The summed E-state index contributed by atoms with van der Waals surface area (Å²) in [6, 6.07) is -0.333. The number of carbonyl (C=O) groups is 1. The van der Waals surface area contributed by atoms with Gasteiger partial charge in [-0.05, 0) is 19.8 Å². The van der Waals surface area contributed by atoms with Crippen LogP contribution in [0.2, 0.25) is 0 Å². The number of hydrogen-bond acceptors (Lipinski definition) is 3. The summed E-state index contributed by atoms with van der Waals surface area (Å²) in [6.45, 7) is 6.11. The molecule has 1 N–H and O–H groups in total. The van der Waals surface area contributed by atoms with E-state index in [1.165, 1.54) is 0 Å². The molecule has 2 unspecified atom stereocenters. The molecule has 2 atom stereocenters. The fraction of sp³-hybridized carbons (Fsp3) is 0.727. The fourth-order valence-corrected chi connectivity index (χ4v) is 1.12. The van der Waals surface area contributed by atoms with Gasteiger partial charge >= 0.3 is 5.97 Å². The molecule has 0 fully saturated rings. The van der Waals surface area contributed by atoms with E-state index in [0.717, 1.165) is 6.42 Å². The smallest absolute Gasteiger partial charge is 0.323 e. The average Bonchev–Trinajstić information content (AvgIpc) is 2.20. The van der Waals surface area contributed by atoms with E-state index in [-0.39, 0.29) is 18.1 Å². The van der Waals surface area contributed by atoms with Crippen molar-refractivity contribution < 1.29 is 9.53 Å². The first-order valence-corrected chi connectivity index (χ1v) is 5.08. The highest BCUT2D eigenvalue weighted by Gasteiger charge is 2.19. The van der Waals surface area contributed by atoms with Crippen LogP contribution >= 0.6 is 0 Å². The molecule has 80 valence electrons. The molecule has 0 spiro atoms.